The van der Waals surface area contributed by atoms with Crippen molar-refractivity contribution >= 4 is 11.8 Å². The molecule has 1 rings (SSSR count). The van der Waals surface area contributed by atoms with Crippen molar-refractivity contribution in [3.05, 3.63) is 29.3 Å². The summed E-state index contributed by atoms with van der Waals surface area (Å²) in [5.41, 5.74) is 1.47. The van der Waals surface area contributed by atoms with Crippen LogP contribution < -0.4 is 0 Å². The summed E-state index contributed by atoms with van der Waals surface area (Å²) in [7, 11) is 0. The minimum atomic E-state index is -0.00450. The Labute approximate surface area is 101 Å². The molecule has 0 aliphatic heterocycles. The number of benzene rings is 1. The van der Waals surface area contributed by atoms with Gasteiger partial charge in [-0.1, -0.05) is 25.8 Å². The Morgan fingerprint density at radius 2 is 2.19 bits per heavy atom. The molecule has 0 heterocycles. The number of hydrogen-bond acceptors (Lipinski definition) is 3. The second-order valence-corrected chi connectivity index (χ2v) is 4.79. The lowest BCUT2D eigenvalue weighted by Crippen LogP contribution is -1.89. The van der Waals surface area contributed by atoms with Gasteiger partial charge in [-0.05, 0) is 29.9 Å². The highest BCUT2D eigenvalue weighted by Crippen LogP contribution is 2.24. The minimum Gasteiger partial charge on any atom is -0.392 e. The molecule has 86 valence electrons. The molecule has 0 amide bonds. The van der Waals surface area contributed by atoms with Gasteiger partial charge in [0.05, 0.1) is 12.2 Å². The van der Waals surface area contributed by atoms with Gasteiger partial charge in [-0.15, -0.1) is 11.8 Å². The first-order valence-electron chi connectivity index (χ1n) is 5.58. The normalized spacial score (nSPS) is 10.1. The Bertz CT molecular complexity index is 371. The van der Waals surface area contributed by atoms with Crippen molar-refractivity contribution in [3.8, 4) is 6.07 Å². The second kappa shape index (κ2) is 7.32. The van der Waals surface area contributed by atoms with E-state index in [1.165, 1.54) is 19.3 Å². The summed E-state index contributed by atoms with van der Waals surface area (Å²) in [6, 6.07) is 7.75. The van der Waals surface area contributed by atoms with Gasteiger partial charge < -0.3 is 5.11 Å². The van der Waals surface area contributed by atoms with Crippen LogP contribution in [-0.2, 0) is 6.61 Å². The number of hydrogen-bond donors (Lipinski definition) is 1. The largest absolute Gasteiger partial charge is 0.392 e. The lowest BCUT2D eigenvalue weighted by molar-refractivity contribution is 0.281. The van der Waals surface area contributed by atoms with E-state index in [9.17, 15) is 0 Å². The number of nitrogens with zero attached hydrogens (tertiary/aromatic N) is 1. The third kappa shape index (κ3) is 3.88. The van der Waals surface area contributed by atoms with Crippen LogP contribution in [0.5, 0.6) is 0 Å². The van der Waals surface area contributed by atoms with Crippen LogP contribution in [0.2, 0.25) is 0 Å². The minimum absolute atomic E-state index is 0.00450. The van der Waals surface area contributed by atoms with Gasteiger partial charge in [0.15, 0.2) is 0 Å². The zero-order chi connectivity index (χ0) is 11.8. The fraction of sp³-hybridized carbons (Fsp3) is 0.462. The van der Waals surface area contributed by atoms with Crippen molar-refractivity contribution in [3.63, 3.8) is 0 Å². The van der Waals surface area contributed by atoms with Gasteiger partial charge in [0.1, 0.15) is 6.07 Å². The predicted molar refractivity (Wildman–Crippen MR) is 67.3 cm³/mol. The maximum atomic E-state index is 9.00. The molecule has 0 spiro atoms. The maximum Gasteiger partial charge on any atom is 0.100 e. The van der Waals surface area contributed by atoms with Crippen LogP contribution in [0.1, 0.15) is 37.3 Å². The number of aliphatic hydroxyl groups is 1. The number of rotatable bonds is 6. The lowest BCUT2D eigenvalue weighted by atomic mass is 10.1. The second-order valence-electron chi connectivity index (χ2n) is 3.66. The standard InChI is InChI=1S/C13H17NOS/c1-2-3-4-7-16-13-6-5-11(10-15)8-12(13)9-14/h5-6,8,15H,2-4,7,10H2,1H3. The fourth-order valence-electron chi connectivity index (χ4n) is 1.42. The number of thioether (sulfide) groups is 1. The molecule has 0 aliphatic rings. The van der Waals surface area contributed by atoms with Gasteiger partial charge in [0.25, 0.3) is 0 Å². The van der Waals surface area contributed by atoms with E-state index in [1.807, 2.05) is 12.1 Å². The van der Waals surface area contributed by atoms with Gasteiger partial charge >= 0.3 is 0 Å². The first kappa shape index (κ1) is 13.1. The summed E-state index contributed by atoms with van der Waals surface area (Å²) in [6.07, 6.45) is 3.65. The highest BCUT2D eigenvalue weighted by molar-refractivity contribution is 7.99. The van der Waals surface area contributed by atoms with Crippen LogP contribution in [0.15, 0.2) is 23.1 Å². The summed E-state index contributed by atoms with van der Waals surface area (Å²) in [4.78, 5) is 1.02. The molecule has 0 radical (unpaired) electrons. The molecular formula is C13H17NOS. The lowest BCUT2D eigenvalue weighted by Gasteiger charge is -2.05. The van der Waals surface area contributed by atoms with E-state index < -0.39 is 0 Å². The van der Waals surface area contributed by atoms with E-state index in [-0.39, 0.29) is 6.61 Å². The zero-order valence-corrected chi connectivity index (χ0v) is 10.4. The third-order valence-electron chi connectivity index (χ3n) is 2.35. The topological polar surface area (TPSA) is 44.0 Å². The third-order valence-corrected chi connectivity index (χ3v) is 3.51. The first-order chi connectivity index (χ1) is 7.81. The Morgan fingerprint density at radius 3 is 2.81 bits per heavy atom. The Morgan fingerprint density at radius 1 is 1.38 bits per heavy atom. The SMILES string of the molecule is CCCCCSc1ccc(CO)cc1C#N. The van der Waals surface area contributed by atoms with E-state index in [0.717, 1.165) is 16.2 Å². The molecular weight excluding hydrogens is 218 g/mol. The quantitative estimate of drug-likeness (QED) is 0.607. The average molecular weight is 235 g/mol. The van der Waals surface area contributed by atoms with Crippen molar-refractivity contribution in [1.82, 2.24) is 0 Å². The molecule has 0 saturated carbocycles. The van der Waals surface area contributed by atoms with Crippen molar-refractivity contribution in [2.75, 3.05) is 5.75 Å². The molecule has 1 aromatic rings. The summed E-state index contributed by atoms with van der Waals surface area (Å²) < 4.78 is 0. The molecule has 0 bridgehead atoms. The van der Waals surface area contributed by atoms with Crippen LogP contribution in [0.25, 0.3) is 0 Å². The van der Waals surface area contributed by atoms with E-state index in [0.29, 0.717) is 5.56 Å². The molecule has 3 heteroatoms. The van der Waals surface area contributed by atoms with Gasteiger partial charge in [-0.25, -0.2) is 0 Å². The summed E-state index contributed by atoms with van der Waals surface area (Å²) in [5.74, 6) is 1.06. The van der Waals surface area contributed by atoms with E-state index in [2.05, 4.69) is 13.0 Å². The maximum absolute atomic E-state index is 9.00. The predicted octanol–water partition coefficient (Wildman–Crippen LogP) is 3.33. The molecule has 2 nitrogen and oxygen atoms in total. The number of nitriles is 1. The molecule has 0 atom stereocenters. The van der Waals surface area contributed by atoms with Crippen LogP contribution in [0, 0.1) is 11.3 Å². The Hall–Kier alpha value is -0.980. The van der Waals surface area contributed by atoms with Gasteiger partial charge in [0.2, 0.25) is 0 Å². The molecule has 0 unspecified atom stereocenters. The van der Waals surface area contributed by atoms with Crippen LogP contribution in [-0.4, -0.2) is 10.9 Å². The molecule has 1 aromatic carbocycles. The molecule has 0 aliphatic carbocycles. The van der Waals surface area contributed by atoms with Gasteiger partial charge in [0, 0.05) is 4.90 Å². The average Bonchev–Trinajstić information content (AvgIpc) is 2.34. The summed E-state index contributed by atoms with van der Waals surface area (Å²) >= 11 is 1.73. The highest BCUT2D eigenvalue weighted by atomic mass is 32.2. The van der Waals surface area contributed by atoms with Gasteiger partial charge in [-0.3, -0.25) is 0 Å². The van der Waals surface area contributed by atoms with Gasteiger partial charge in [-0.2, -0.15) is 5.26 Å². The van der Waals surface area contributed by atoms with E-state index >= 15 is 0 Å². The summed E-state index contributed by atoms with van der Waals surface area (Å²) in [5, 5.41) is 18.0. The summed E-state index contributed by atoms with van der Waals surface area (Å²) in [6.45, 7) is 2.18. The Kier molecular flexibility index (Phi) is 5.99. The van der Waals surface area contributed by atoms with E-state index in [4.69, 9.17) is 10.4 Å². The van der Waals surface area contributed by atoms with Crippen molar-refractivity contribution < 1.29 is 5.11 Å². The van der Waals surface area contributed by atoms with Crippen molar-refractivity contribution in [2.45, 2.75) is 37.7 Å². The fourth-order valence-corrected chi connectivity index (χ4v) is 2.42. The number of aliphatic hydroxyl groups excluding tert-OH is 1. The van der Waals surface area contributed by atoms with Crippen molar-refractivity contribution in [1.29, 1.82) is 5.26 Å². The first-order valence-corrected chi connectivity index (χ1v) is 6.57. The van der Waals surface area contributed by atoms with E-state index in [1.54, 1.807) is 17.8 Å². The van der Waals surface area contributed by atoms with Crippen LogP contribution in [0.4, 0.5) is 0 Å². The monoisotopic (exact) mass is 235 g/mol. The van der Waals surface area contributed by atoms with Crippen LogP contribution in [0.3, 0.4) is 0 Å². The molecule has 0 aromatic heterocycles. The Balaban J connectivity index is 2.62. The highest BCUT2D eigenvalue weighted by Gasteiger charge is 2.03. The zero-order valence-electron chi connectivity index (χ0n) is 9.57. The number of unbranched alkanes of at least 4 members (excludes halogenated alkanes) is 2. The van der Waals surface area contributed by atoms with Crippen molar-refractivity contribution in [2.24, 2.45) is 0 Å². The van der Waals surface area contributed by atoms with Crippen LogP contribution >= 0.6 is 11.8 Å². The molecule has 16 heavy (non-hydrogen) atoms. The molecule has 0 saturated heterocycles. The molecule has 1 N–H and O–H groups in total. The smallest absolute Gasteiger partial charge is 0.100 e. The molecule has 0 fully saturated rings.